The SMILES string of the molecule is CC1CCCN(C(=O)C2(CN)CCC(C)CC2)CC1. The first-order valence-corrected chi connectivity index (χ1v) is 8.07. The molecule has 2 aliphatic rings. The summed E-state index contributed by atoms with van der Waals surface area (Å²) in [6.07, 6.45) is 7.88. The Balaban J connectivity index is 2.03. The van der Waals surface area contributed by atoms with Crippen LogP contribution in [0.4, 0.5) is 0 Å². The van der Waals surface area contributed by atoms with Crippen LogP contribution in [0.5, 0.6) is 0 Å². The van der Waals surface area contributed by atoms with Crippen LogP contribution >= 0.6 is 0 Å². The van der Waals surface area contributed by atoms with Crippen molar-refractivity contribution < 1.29 is 4.79 Å². The lowest BCUT2D eigenvalue weighted by atomic mass is 9.70. The smallest absolute Gasteiger partial charge is 0.230 e. The molecular weight excluding hydrogens is 236 g/mol. The largest absolute Gasteiger partial charge is 0.342 e. The number of nitrogens with two attached hydrogens (primary N) is 1. The number of carbonyl (C=O) groups is 1. The zero-order valence-electron chi connectivity index (χ0n) is 12.7. The van der Waals surface area contributed by atoms with Gasteiger partial charge in [0.05, 0.1) is 5.41 Å². The quantitative estimate of drug-likeness (QED) is 0.835. The number of carbonyl (C=O) groups excluding carboxylic acids is 1. The average Bonchev–Trinajstić information content (AvgIpc) is 2.64. The molecule has 3 heteroatoms. The highest BCUT2D eigenvalue weighted by atomic mass is 16.2. The van der Waals surface area contributed by atoms with E-state index in [1.165, 1.54) is 6.42 Å². The van der Waals surface area contributed by atoms with Crippen molar-refractivity contribution in [1.29, 1.82) is 0 Å². The van der Waals surface area contributed by atoms with Crippen LogP contribution in [-0.4, -0.2) is 30.4 Å². The standard InChI is InChI=1S/C16H30N2O/c1-13-4-3-10-18(11-7-13)15(19)16(12-17)8-5-14(2)6-9-16/h13-14H,3-12,17H2,1-2H3. The molecule has 1 saturated carbocycles. The molecule has 1 atom stereocenters. The Hall–Kier alpha value is -0.570. The number of rotatable bonds is 2. The first-order valence-electron chi connectivity index (χ1n) is 8.07. The highest BCUT2D eigenvalue weighted by Crippen LogP contribution is 2.40. The molecule has 0 bridgehead atoms. The molecule has 0 aromatic heterocycles. The third kappa shape index (κ3) is 3.31. The van der Waals surface area contributed by atoms with Crippen molar-refractivity contribution in [2.24, 2.45) is 23.0 Å². The van der Waals surface area contributed by atoms with Crippen LogP contribution < -0.4 is 5.73 Å². The van der Waals surface area contributed by atoms with E-state index in [0.29, 0.717) is 12.5 Å². The molecule has 1 aliphatic heterocycles. The topological polar surface area (TPSA) is 46.3 Å². The van der Waals surface area contributed by atoms with Crippen LogP contribution in [0, 0.1) is 17.3 Å². The van der Waals surface area contributed by atoms with Gasteiger partial charge in [-0.1, -0.05) is 13.8 Å². The second-order valence-corrected chi connectivity index (χ2v) is 7.00. The summed E-state index contributed by atoms with van der Waals surface area (Å²) in [6, 6.07) is 0. The van der Waals surface area contributed by atoms with Crippen molar-refractivity contribution in [1.82, 2.24) is 4.90 Å². The van der Waals surface area contributed by atoms with E-state index < -0.39 is 0 Å². The van der Waals surface area contributed by atoms with Gasteiger partial charge < -0.3 is 10.6 Å². The van der Waals surface area contributed by atoms with Gasteiger partial charge in [0, 0.05) is 19.6 Å². The van der Waals surface area contributed by atoms with Crippen LogP contribution in [0.1, 0.15) is 58.8 Å². The van der Waals surface area contributed by atoms with Gasteiger partial charge >= 0.3 is 0 Å². The molecule has 1 aliphatic carbocycles. The molecule has 0 aromatic rings. The van der Waals surface area contributed by atoms with Crippen molar-refractivity contribution in [3.63, 3.8) is 0 Å². The van der Waals surface area contributed by atoms with Crippen molar-refractivity contribution in [3.05, 3.63) is 0 Å². The molecule has 0 radical (unpaired) electrons. The number of hydrogen-bond donors (Lipinski definition) is 1. The number of amides is 1. The molecule has 3 nitrogen and oxygen atoms in total. The van der Waals surface area contributed by atoms with Crippen LogP contribution in [0.2, 0.25) is 0 Å². The predicted octanol–water partition coefficient (Wildman–Crippen LogP) is 2.79. The van der Waals surface area contributed by atoms with Gasteiger partial charge in [-0.15, -0.1) is 0 Å². The Morgan fingerprint density at radius 3 is 2.37 bits per heavy atom. The highest BCUT2D eigenvalue weighted by molar-refractivity contribution is 5.83. The minimum atomic E-state index is -0.236. The summed E-state index contributed by atoms with van der Waals surface area (Å²) in [5.41, 5.74) is 5.77. The Morgan fingerprint density at radius 2 is 1.74 bits per heavy atom. The maximum absolute atomic E-state index is 12.9. The third-order valence-electron chi connectivity index (χ3n) is 5.38. The lowest BCUT2D eigenvalue weighted by Gasteiger charge is -2.40. The van der Waals surface area contributed by atoms with Crippen molar-refractivity contribution in [2.75, 3.05) is 19.6 Å². The van der Waals surface area contributed by atoms with Crippen molar-refractivity contribution >= 4 is 5.91 Å². The van der Waals surface area contributed by atoms with Gasteiger partial charge in [0.1, 0.15) is 0 Å². The fourth-order valence-electron chi connectivity index (χ4n) is 3.62. The lowest BCUT2D eigenvalue weighted by molar-refractivity contribution is -0.144. The van der Waals surface area contributed by atoms with E-state index in [0.717, 1.165) is 63.5 Å². The minimum Gasteiger partial charge on any atom is -0.342 e. The van der Waals surface area contributed by atoms with Gasteiger partial charge in [-0.3, -0.25) is 4.79 Å². The molecule has 2 fully saturated rings. The molecule has 1 saturated heterocycles. The van der Waals surface area contributed by atoms with Crippen LogP contribution in [-0.2, 0) is 4.79 Å². The van der Waals surface area contributed by atoms with Crippen LogP contribution in [0.3, 0.4) is 0 Å². The Bertz CT molecular complexity index is 308. The van der Waals surface area contributed by atoms with Gasteiger partial charge in [0.2, 0.25) is 5.91 Å². The zero-order chi connectivity index (χ0) is 13.9. The van der Waals surface area contributed by atoms with Gasteiger partial charge in [0.15, 0.2) is 0 Å². The number of hydrogen-bond acceptors (Lipinski definition) is 2. The van der Waals surface area contributed by atoms with E-state index in [1.807, 2.05) is 0 Å². The van der Waals surface area contributed by atoms with Gasteiger partial charge in [-0.05, 0) is 56.8 Å². The van der Waals surface area contributed by atoms with Crippen LogP contribution in [0.25, 0.3) is 0 Å². The van der Waals surface area contributed by atoms with E-state index in [9.17, 15) is 4.79 Å². The van der Waals surface area contributed by atoms with Crippen LogP contribution in [0.15, 0.2) is 0 Å². The molecular formula is C16H30N2O. The van der Waals surface area contributed by atoms with E-state index in [4.69, 9.17) is 5.73 Å². The zero-order valence-corrected chi connectivity index (χ0v) is 12.7. The maximum Gasteiger partial charge on any atom is 0.230 e. The lowest BCUT2D eigenvalue weighted by Crippen LogP contribution is -2.50. The number of likely N-dealkylation sites (tertiary alicyclic amines) is 1. The summed E-state index contributed by atoms with van der Waals surface area (Å²) in [6.45, 7) is 7.01. The molecule has 2 rings (SSSR count). The second kappa shape index (κ2) is 6.25. The molecule has 19 heavy (non-hydrogen) atoms. The summed E-state index contributed by atoms with van der Waals surface area (Å²) in [5, 5.41) is 0. The fraction of sp³-hybridized carbons (Fsp3) is 0.938. The van der Waals surface area contributed by atoms with E-state index >= 15 is 0 Å². The Morgan fingerprint density at radius 1 is 1.11 bits per heavy atom. The predicted molar refractivity (Wildman–Crippen MR) is 78.7 cm³/mol. The maximum atomic E-state index is 12.9. The van der Waals surface area contributed by atoms with Crippen molar-refractivity contribution in [3.8, 4) is 0 Å². The van der Waals surface area contributed by atoms with Gasteiger partial charge in [-0.2, -0.15) is 0 Å². The van der Waals surface area contributed by atoms with E-state index in [-0.39, 0.29) is 5.41 Å². The minimum absolute atomic E-state index is 0.236. The van der Waals surface area contributed by atoms with Crippen molar-refractivity contribution in [2.45, 2.75) is 58.8 Å². The fourth-order valence-corrected chi connectivity index (χ4v) is 3.62. The summed E-state index contributed by atoms with van der Waals surface area (Å²) in [7, 11) is 0. The highest BCUT2D eigenvalue weighted by Gasteiger charge is 2.42. The molecule has 1 amide bonds. The third-order valence-corrected chi connectivity index (χ3v) is 5.38. The molecule has 1 heterocycles. The summed E-state index contributed by atoms with van der Waals surface area (Å²) in [5.74, 6) is 1.88. The number of nitrogens with zero attached hydrogens (tertiary/aromatic N) is 1. The molecule has 2 N–H and O–H groups in total. The molecule has 0 spiro atoms. The summed E-state index contributed by atoms with van der Waals surface area (Å²) in [4.78, 5) is 15.0. The van der Waals surface area contributed by atoms with Gasteiger partial charge in [0.25, 0.3) is 0 Å². The normalized spacial score (nSPS) is 36.9. The monoisotopic (exact) mass is 266 g/mol. The average molecular weight is 266 g/mol. The first kappa shape index (κ1) is 14.8. The molecule has 110 valence electrons. The Kier molecular flexibility index (Phi) is 4.88. The van der Waals surface area contributed by atoms with Gasteiger partial charge in [-0.25, -0.2) is 0 Å². The Labute approximate surface area is 117 Å². The summed E-state index contributed by atoms with van der Waals surface area (Å²) < 4.78 is 0. The van der Waals surface area contributed by atoms with E-state index in [1.54, 1.807) is 0 Å². The van der Waals surface area contributed by atoms with E-state index in [2.05, 4.69) is 18.7 Å². The molecule has 0 aromatic carbocycles. The molecule has 1 unspecified atom stereocenters. The first-order chi connectivity index (χ1) is 9.07. The second-order valence-electron chi connectivity index (χ2n) is 7.00. The summed E-state index contributed by atoms with van der Waals surface area (Å²) >= 11 is 0.